The highest BCUT2D eigenvalue weighted by atomic mass is 16.5. The van der Waals surface area contributed by atoms with Crippen molar-refractivity contribution in [2.45, 2.75) is 32.0 Å². The lowest BCUT2D eigenvalue weighted by atomic mass is 10.0. The van der Waals surface area contributed by atoms with Crippen LogP contribution in [0.5, 0.6) is 5.75 Å². The Balaban J connectivity index is 1.67. The summed E-state index contributed by atoms with van der Waals surface area (Å²) in [5.74, 6) is 0.340. The zero-order valence-corrected chi connectivity index (χ0v) is 15.7. The summed E-state index contributed by atoms with van der Waals surface area (Å²) in [6.07, 6.45) is 3.96. The largest absolute Gasteiger partial charge is 0.503 e. The predicted octanol–water partition coefficient (Wildman–Crippen LogP) is 3.68. The number of hydrogen-bond donors (Lipinski definition) is 1. The van der Waals surface area contributed by atoms with Gasteiger partial charge in [0.1, 0.15) is 17.9 Å². The molecule has 142 valence electrons. The Hall–Kier alpha value is -2.79. The fourth-order valence-electron chi connectivity index (χ4n) is 2.77. The van der Waals surface area contributed by atoms with Crippen LogP contribution in [0, 0.1) is 0 Å². The van der Waals surface area contributed by atoms with Crippen LogP contribution in [0.1, 0.15) is 29.5 Å². The fourth-order valence-corrected chi connectivity index (χ4v) is 2.77. The van der Waals surface area contributed by atoms with Crippen molar-refractivity contribution in [3.8, 4) is 5.75 Å². The smallest absolute Gasteiger partial charge is 0.341 e. The minimum Gasteiger partial charge on any atom is -0.503 e. The van der Waals surface area contributed by atoms with Crippen molar-refractivity contribution in [3.05, 3.63) is 71.5 Å². The number of methoxy groups -OCH3 is 2. The second-order valence-electron chi connectivity index (χ2n) is 6.50. The van der Waals surface area contributed by atoms with Crippen molar-refractivity contribution in [2.24, 2.45) is 0 Å². The molecule has 2 aromatic rings. The third kappa shape index (κ3) is 5.34. The molecule has 0 aliphatic heterocycles. The number of rotatable bonds is 9. The number of benzene rings is 2. The molecule has 0 spiro atoms. The molecule has 0 saturated heterocycles. The zero-order valence-electron chi connectivity index (χ0n) is 15.7. The molecule has 0 heterocycles. The summed E-state index contributed by atoms with van der Waals surface area (Å²) in [6, 6.07) is 16.3. The first-order valence-corrected chi connectivity index (χ1v) is 9.06. The molecule has 0 aromatic heterocycles. The summed E-state index contributed by atoms with van der Waals surface area (Å²) in [5.41, 5.74) is 3.22. The van der Waals surface area contributed by atoms with Crippen molar-refractivity contribution >= 4 is 11.5 Å². The molecule has 5 heteroatoms. The quantitative estimate of drug-likeness (QED) is 0.416. The summed E-state index contributed by atoms with van der Waals surface area (Å²) in [5, 5.41) is 3.50. The van der Waals surface area contributed by atoms with Gasteiger partial charge in [-0.25, -0.2) is 4.79 Å². The van der Waals surface area contributed by atoms with Gasteiger partial charge < -0.3 is 19.5 Å². The molecule has 0 amide bonds. The summed E-state index contributed by atoms with van der Waals surface area (Å²) in [7, 11) is 2.85. The van der Waals surface area contributed by atoms with Gasteiger partial charge in [-0.05, 0) is 41.7 Å². The second kappa shape index (κ2) is 9.24. The Kier molecular flexibility index (Phi) is 6.49. The second-order valence-corrected chi connectivity index (χ2v) is 6.50. The van der Waals surface area contributed by atoms with Crippen LogP contribution in [0.3, 0.4) is 0 Å². The molecule has 3 rings (SSSR count). The highest BCUT2D eigenvalue weighted by molar-refractivity contribution is 6.16. The van der Waals surface area contributed by atoms with Crippen molar-refractivity contribution < 1.29 is 19.0 Å². The Labute approximate surface area is 159 Å². The van der Waals surface area contributed by atoms with Gasteiger partial charge in [0.15, 0.2) is 0 Å². The van der Waals surface area contributed by atoms with Crippen LogP contribution in [0.15, 0.2) is 54.8 Å². The SMILES string of the molecule is COC=C(C(=O)OC)c1ccccc1COc1ccc(CNC2CC2)cc1. The van der Waals surface area contributed by atoms with Crippen molar-refractivity contribution in [2.75, 3.05) is 14.2 Å². The molecule has 1 saturated carbocycles. The number of ether oxygens (including phenoxy) is 3. The van der Waals surface area contributed by atoms with E-state index >= 15 is 0 Å². The molecule has 0 bridgehead atoms. The van der Waals surface area contributed by atoms with Gasteiger partial charge in [-0.3, -0.25) is 0 Å². The molecule has 5 nitrogen and oxygen atoms in total. The van der Waals surface area contributed by atoms with Crippen LogP contribution in [0.2, 0.25) is 0 Å². The minimum atomic E-state index is -0.447. The van der Waals surface area contributed by atoms with E-state index in [0.717, 1.165) is 23.4 Å². The summed E-state index contributed by atoms with van der Waals surface area (Å²) >= 11 is 0. The molecule has 0 atom stereocenters. The standard InChI is InChI=1S/C22H25NO4/c1-25-15-21(22(24)26-2)20-6-4-3-5-17(20)14-27-19-11-7-16(8-12-19)13-23-18-9-10-18/h3-8,11-12,15,18,23H,9-10,13-14H2,1-2H3. The lowest BCUT2D eigenvalue weighted by molar-refractivity contribution is -0.133. The van der Waals surface area contributed by atoms with Gasteiger partial charge >= 0.3 is 5.97 Å². The number of esters is 1. The van der Waals surface area contributed by atoms with Gasteiger partial charge in [0, 0.05) is 12.6 Å². The molecule has 1 aliphatic carbocycles. The monoisotopic (exact) mass is 367 g/mol. The molecule has 2 aromatic carbocycles. The highest BCUT2D eigenvalue weighted by Gasteiger charge is 2.20. The first-order chi connectivity index (χ1) is 13.2. The van der Waals surface area contributed by atoms with Gasteiger partial charge in [-0.2, -0.15) is 0 Å². The normalized spacial score (nSPS) is 13.9. The van der Waals surface area contributed by atoms with Crippen molar-refractivity contribution in [1.82, 2.24) is 5.32 Å². The molecule has 1 fully saturated rings. The van der Waals surface area contributed by atoms with Crippen LogP contribution in [0.25, 0.3) is 5.57 Å². The number of nitrogens with one attached hydrogen (secondary N) is 1. The van der Waals surface area contributed by atoms with Crippen molar-refractivity contribution in [3.63, 3.8) is 0 Å². The third-order valence-electron chi connectivity index (χ3n) is 4.44. The Bertz CT molecular complexity index is 794. The van der Waals surface area contributed by atoms with E-state index in [1.165, 1.54) is 38.9 Å². The van der Waals surface area contributed by atoms with Gasteiger partial charge in [0.05, 0.1) is 20.5 Å². The van der Waals surface area contributed by atoms with E-state index in [0.29, 0.717) is 18.2 Å². The molecule has 0 radical (unpaired) electrons. The maximum Gasteiger partial charge on any atom is 0.341 e. The maximum atomic E-state index is 12.1. The van der Waals surface area contributed by atoms with E-state index in [-0.39, 0.29) is 0 Å². The molecular formula is C22H25NO4. The number of hydrogen-bond acceptors (Lipinski definition) is 5. The van der Waals surface area contributed by atoms with Gasteiger partial charge in [0.2, 0.25) is 0 Å². The van der Waals surface area contributed by atoms with E-state index in [4.69, 9.17) is 14.2 Å². The first-order valence-electron chi connectivity index (χ1n) is 9.06. The van der Waals surface area contributed by atoms with Gasteiger partial charge in [-0.1, -0.05) is 36.4 Å². The summed E-state index contributed by atoms with van der Waals surface area (Å²) < 4.78 is 15.8. The fraction of sp³-hybridized carbons (Fsp3) is 0.318. The van der Waals surface area contributed by atoms with Crippen LogP contribution < -0.4 is 10.1 Å². The van der Waals surface area contributed by atoms with E-state index in [1.807, 2.05) is 36.4 Å². The zero-order chi connectivity index (χ0) is 19.1. The molecule has 0 unspecified atom stereocenters. The van der Waals surface area contributed by atoms with Crippen LogP contribution >= 0.6 is 0 Å². The van der Waals surface area contributed by atoms with E-state index < -0.39 is 5.97 Å². The molecular weight excluding hydrogens is 342 g/mol. The van der Waals surface area contributed by atoms with Crippen LogP contribution in [0.4, 0.5) is 0 Å². The Morgan fingerprint density at radius 2 is 1.85 bits per heavy atom. The summed E-state index contributed by atoms with van der Waals surface area (Å²) in [6.45, 7) is 1.23. The Morgan fingerprint density at radius 3 is 2.52 bits per heavy atom. The minimum absolute atomic E-state index is 0.341. The van der Waals surface area contributed by atoms with Crippen LogP contribution in [-0.4, -0.2) is 26.2 Å². The number of carbonyl (C=O) groups excluding carboxylic acids is 1. The topological polar surface area (TPSA) is 56.8 Å². The summed E-state index contributed by atoms with van der Waals surface area (Å²) in [4.78, 5) is 12.1. The average molecular weight is 367 g/mol. The van der Waals surface area contributed by atoms with Crippen LogP contribution in [-0.2, 0) is 27.4 Å². The number of carbonyl (C=O) groups is 1. The molecule has 1 aliphatic rings. The molecule has 27 heavy (non-hydrogen) atoms. The lowest BCUT2D eigenvalue weighted by Crippen LogP contribution is -2.15. The predicted molar refractivity (Wildman–Crippen MR) is 104 cm³/mol. The first kappa shape index (κ1) is 19.0. The van der Waals surface area contributed by atoms with Crippen molar-refractivity contribution in [1.29, 1.82) is 0 Å². The van der Waals surface area contributed by atoms with E-state index in [1.54, 1.807) is 0 Å². The van der Waals surface area contributed by atoms with Gasteiger partial charge in [-0.15, -0.1) is 0 Å². The lowest BCUT2D eigenvalue weighted by Gasteiger charge is -2.13. The van der Waals surface area contributed by atoms with Gasteiger partial charge in [0.25, 0.3) is 0 Å². The van der Waals surface area contributed by atoms with E-state index in [9.17, 15) is 4.79 Å². The van der Waals surface area contributed by atoms with E-state index in [2.05, 4.69) is 17.4 Å². The molecule has 1 N–H and O–H groups in total. The maximum absolute atomic E-state index is 12.1. The highest BCUT2D eigenvalue weighted by Crippen LogP contribution is 2.23. The average Bonchev–Trinajstić information content (AvgIpc) is 3.54. The third-order valence-corrected chi connectivity index (χ3v) is 4.44. The Morgan fingerprint density at radius 1 is 1.11 bits per heavy atom.